The van der Waals surface area contributed by atoms with Crippen LogP contribution in [-0.4, -0.2) is 35.6 Å². The van der Waals surface area contributed by atoms with Gasteiger partial charge in [-0.15, -0.1) is 0 Å². The quantitative estimate of drug-likeness (QED) is 0.649. The molecule has 5 heteroatoms. The van der Waals surface area contributed by atoms with Gasteiger partial charge in [-0.05, 0) is 25.3 Å². The number of rotatable bonds is 4. The van der Waals surface area contributed by atoms with Crippen LogP contribution in [0.15, 0.2) is 0 Å². The first-order chi connectivity index (χ1) is 7.52. The van der Waals surface area contributed by atoms with Gasteiger partial charge in [0.1, 0.15) is 6.04 Å². The Kier molecular flexibility index (Phi) is 4.73. The molecule has 0 spiro atoms. The number of nitrogens with one attached hydrogen (secondary N) is 2. The number of amides is 1. The molecular formula is C11H20N2O3. The molecule has 2 atom stereocenters. The minimum atomic E-state index is -0.973. The van der Waals surface area contributed by atoms with Crippen molar-refractivity contribution >= 4 is 11.9 Å². The van der Waals surface area contributed by atoms with Crippen molar-refractivity contribution in [2.75, 3.05) is 6.54 Å². The fourth-order valence-electron chi connectivity index (χ4n) is 1.84. The highest BCUT2D eigenvalue weighted by molar-refractivity contribution is 5.87. The molecule has 0 aliphatic carbocycles. The summed E-state index contributed by atoms with van der Waals surface area (Å²) >= 11 is 0. The monoisotopic (exact) mass is 228 g/mol. The highest BCUT2D eigenvalue weighted by Gasteiger charge is 2.27. The van der Waals surface area contributed by atoms with E-state index in [1.807, 2.05) is 0 Å². The first-order valence-electron chi connectivity index (χ1n) is 5.79. The van der Waals surface area contributed by atoms with Gasteiger partial charge in [0.2, 0.25) is 5.91 Å². The van der Waals surface area contributed by atoms with Crippen LogP contribution in [0.2, 0.25) is 0 Å². The summed E-state index contributed by atoms with van der Waals surface area (Å²) in [5.74, 6) is -1.27. The summed E-state index contributed by atoms with van der Waals surface area (Å²) < 4.78 is 0. The number of carbonyl (C=O) groups excluding carboxylic acids is 1. The second kappa shape index (κ2) is 5.84. The maximum Gasteiger partial charge on any atom is 0.326 e. The van der Waals surface area contributed by atoms with Crippen LogP contribution in [0.4, 0.5) is 0 Å². The minimum absolute atomic E-state index is 0.106. The van der Waals surface area contributed by atoms with Crippen LogP contribution in [0.25, 0.3) is 0 Å². The first kappa shape index (κ1) is 13.0. The fourth-order valence-corrected chi connectivity index (χ4v) is 1.84. The molecule has 1 heterocycles. The maximum atomic E-state index is 11.8. The number of piperidine rings is 1. The molecule has 1 amide bonds. The van der Waals surface area contributed by atoms with Gasteiger partial charge in [-0.25, -0.2) is 4.79 Å². The van der Waals surface area contributed by atoms with Gasteiger partial charge in [0, 0.05) is 0 Å². The van der Waals surface area contributed by atoms with E-state index in [2.05, 4.69) is 10.6 Å². The molecule has 1 rings (SSSR count). The summed E-state index contributed by atoms with van der Waals surface area (Å²) in [5, 5.41) is 14.6. The normalized spacial score (nSPS) is 22.8. The molecule has 1 saturated heterocycles. The van der Waals surface area contributed by atoms with Crippen molar-refractivity contribution in [1.29, 1.82) is 0 Å². The molecular weight excluding hydrogens is 208 g/mol. The smallest absolute Gasteiger partial charge is 0.326 e. The van der Waals surface area contributed by atoms with E-state index in [1.54, 1.807) is 13.8 Å². The molecule has 1 fully saturated rings. The summed E-state index contributed by atoms with van der Waals surface area (Å²) in [6, 6.07) is -1.02. The molecule has 0 bridgehead atoms. The van der Waals surface area contributed by atoms with E-state index in [0.29, 0.717) is 0 Å². The van der Waals surface area contributed by atoms with Crippen molar-refractivity contribution in [2.24, 2.45) is 5.92 Å². The lowest BCUT2D eigenvalue weighted by Crippen LogP contribution is -2.53. The molecule has 5 nitrogen and oxygen atoms in total. The summed E-state index contributed by atoms with van der Waals surface area (Å²) in [7, 11) is 0. The summed E-state index contributed by atoms with van der Waals surface area (Å²) in [6.07, 6.45) is 2.89. The SMILES string of the molecule is CC(C)[C@@H](NC(=O)C1CCCCN1)C(=O)O. The minimum Gasteiger partial charge on any atom is -0.480 e. The Balaban J connectivity index is 2.50. The third kappa shape index (κ3) is 3.48. The Morgan fingerprint density at radius 2 is 2.06 bits per heavy atom. The lowest BCUT2D eigenvalue weighted by molar-refractivity contribution is -0.143. The molecule has 0 radical (unpaired) electrons. The molecule has 0 aromatic heterocycles. The van der Waals surface area contributed by atoms with E-state index in [1.165, 1.54) is 0 Å². The predicted octanol–water partition coefficient (Wildman–Crippen LogP) is 0.354. The second-order valence-corrected chi connectivity index (χ2v) is 4.57. The van der Waals surface area contributed by atoms with Crippen LogP contribution in [0.1, 0.15) is 33.1 Å². The van der Waals surface area contributed by atoms with Crippen LogP contribution >= 0.6 is 0 Å². The Morgan fingerprint density at radius 3 is 2.50 bits per heavy atom. The van der Waals surface area contributed by atoms with E-state index < -0.39 is 12.0 Å². The van der Waals surface area contributed by atoms with Gasteiger partial charge in [-0.3, -0.25) is 4.79 Å². The zero-order valence-electron chi connectivity index (χ0n) is 9.82. The van der Waals surface area contributed by atoms with Gasteiger partial charge in [-0.1, -0.05) is 20.3 Å². The van der Waals surface area contributed by atoms with Crippen molar-refractivity contribution in [2.45, 2.75) is 45.2 Å². The van der Waals surface area contributed by atoms with Gasteiger partial charge in [0.25, 0.3) is 0 Å². The average Bonchev–Trinajstić information content (AvgIpc) is 2.25. The number of hydrogen-bond acceptors (Lipinski definition) is 3. The first-order valence-corrected chi connectivity index (χ1v) is 5.79. The second-order valence-electron chi connectivity index (χ2n) is 4.57. The molecule has 1 aliphatic heterocycles. The van der Waals surface area contributed by atoms with Crippen molar-refractivity contribution < 1.29 is 14.7 Å². The molecule has 0 saturated carbocycles. The third-order valence-corrected chi connectivity index (χ3v) is 2.86. The van der Waals surface area contributed by atoms with Crippen LogP contribution < -0.4 is 10.6 Å². The summed E-state index contributed by atoms with van der Waals surface area (Å²) in [4.78, 5) is 22.7. The van der Waals surface area contributed by atoms with E-state index in [9.17, 15) is 9.59 Å². The Labute approximate surface area is 95.6 Å². The van der Waals surface area contributed by atoms with E-state index in [0.717, 1.165) is 25.8 Å². The van der Waals surface area contributed by atoms with Crippen LogP contribution in [0.5, 0.6) is 0 Å². The Bertz CT molecular complexity index is 260. The number of carbonyl (C=O) groups is 2. The Hall–Kier alpha value is -1.10. The van der Waals surface area contributed by atoms with E-state index >= 15 is 0 Å². The number of hydrogen-bond donors (Lipinski definition) is 3. The van der Waals surface area contributed by atoms with Gasteiger partial charge in [-0.2, -0.15) is 0 Å². The van der Waals surface area contributed by atoms with E-state index in [4.69, 9.17) is 5.11 Å². The number of carboxylic acids is 1. The number of carboxylic acid groups (broad SMARTS) is 1. The van der Waals surface area contributed by atoms with Crippen molar-refractivity contribution in [3.05, 3.63) is 0 Å². The molecule has 0 aromatic rings. The fraction of sp³-hybridized carbons (Fsp3) is 0.818. The van der Waals surface area contributed by atoms with Gasteiger partial charge >= 0.3 is 5.97 Å². The molecule has 0 aromatic carbocycles. The largest absolute Gasteiger partial charge is 0.480 e. The lowest BCUT2D eigenvalue weighted by atomic mass is 10.0. The molecule has 3 N–H and O–H groups in total. The van der Waals surface area contributed by atoms with Crippen molar-refractivity contribution in [3.63, 3.8) is 0 Å². The molecule has 1 aliphatic rings. The molecule has 1 unspecified atom stereocenters. The van der Waals surface area contributed by atoms with Crippen LogP contribution in [-0.2, 0) is 9.59 Å². The van der Waals surface area contributed by atoms with E-state index in [-0.39, 0.29) is 17.9 Å². The maximum absolute atomic E-state index is 11.8. The van der Waals surface area contributed by atoms with Crippen LogP contribution in [0, 0.1) is 5.92 Å². The highest BCUT2D eigenvalue weighted by atomic mass is 16.4. The van der Waals surface area contributed by atoms with Gasteiger partial charge in [0.05, 0.1) is 6.04 Å². The molecule has 92 valence electrons. The van der Waals surface area contributed by atoms with Gasteiger partial charge in [0.15, 0.2) is 0 Å². The molecule has 16 heavy (non-hydrogen) atoms. The zero-order valence-corrected chi connectivity index (χ0v) is 9.82. The summed E-state index contributed by atoms with van der Waals surface area (Å²) in [5.41, 5.74) is 0. The van der Waals surface area contributed by atoms with Crippen molar-refractivity contribution in [1.82, 2.24) is 10.6 Å². The van der Waals surface area contributed by atoms with Crippen LogP contribution in [0.3, 0.4) is 0 Å². The van der Waals surface area contributed by atoms with Gasteiger partial charge < -0.3 is 15.7 Å². The standard InChI is InChI=1S/C11H20N2O3/c1-7(2)9(11(15)16)13-10(14)8-5-3-4-6-12-8/h7-9,12H,3-6H2,1-2H3,(H,13,14)(H,15,16)/t8?,9-/m1/s1. The lowest BCUT2D eigenvalue weighted by Gasteiger charge is -2.25. The summed E-state index contributed by atoms with van der Waals surface area (Å²) in [6.45, 7) is 4.40. The highest BCUT2D eigenvalue weighted by Crippen LogP contribution is 2.08. The van der Waals surface area contributed by atoms with Crippen molar-refractivity contribution in [3.8, 4) is 0 Å². The average molecular weight is 228 g/mol. The Morgan fingerprint density at radius 1 is 1.38 bits per heavy atom. The predicted molar refractivity (Wildman–Crippen MR) is 60.0 cm³/mol. The topological polar surface area (TPSA) is 78.4 Å². The number of aliphatic carboxylic acids is 1. The third-order valence-electron chi connectivity index (χ3n) is 2.86. The zero-order chi connectivity index (χ0) is 12.1.